The highest BCUT2D eigenvalue weighted by molar-refractivity contribution is 6.77. The standard InChI is InChI=1S/C38H48N4O5Si/c1-21(2)48(22(3)4,23(5)6)46-20-25-11-10-12-27-29(18-40-33(25)27)32-31(35(43)41-36(32)44)26-14-13-24-17-39-30(37(45)47-38(7,8)9)19-42-16-15-28(26)34(24)42/h10-16,18,21-23,30,39-40H,17,19-20H2,1-9H3,(H,41,43,44). The smallest absolute Gasteiger partial charge is 0.325 e. The number of esters is 1. The number of carbonyl (C=O) groups is 3. The van der Waals surface area contributed by atoms with Crippen LogP contribution in [0.2, 0.25) is 16.6 Å². The summed E-state index contributed by atoms with van der Waals surface area (Å²) in [6.45, 7) is 20.6. The molecule has 6 rings (SSSR count). The quantitative estimate of drug-likeness (QED) is 0.0988. The molecule has 3 N–H and O–H groups in total. The van der Waals surface area contributed by atoms with Crippen molar-refractivity contribution >= 4 is 59.1 Å². The molecule has 254 valence electrons. The fourth-order valence-electron chi connectivity index (χ4n) is 8.15. The van der Waals surface area contributed by atoms with E-state index in [9.17, 15) is 14.4 Å². The summed E-state index contributed by atoms with van der Waals surface area (Å²) in [6.07, 6.45) is 3.77. The Hall–Kier alpha value is -3.99. The van der Waals surface area contributed by atoms with Crippen molar-refractivity contribution in [2.24, 2.45) is 0 Å². The van der Waals surface area contributed by atoms with Gasteiger partial charge in [0.15, 0.2) is 0 Å². The second-order valence-electron chi connectivity index (χ2n) is 15.2. The van der Waals surface area contributed by atoms with Crippen LogP contribution in [-0.4, -0.2) is 47.3 Å². The maximum atomic E-state index is 13.6. The Labute approximate surface area is 283 Å². The Morgan fingerprint density at radius 3 is 2.23 bits per heavy atom. The molecule has 1 atom stereocenters. The predicted octanol–water partition coefficient (Wildman–Crippen LogP) is 7.20. The van der Waals surface area contributed by atoms with Crippen molar-refractivity contribution in [3.05, 3.63) is 71.0 Å². The first kappa shape index (κ1) is 33.9. The summed E-state index contributed by atoms with van der Waals surface area (Å²) < 4.78 is 14.6. The number of amides is 2. The van der Waals surface area contributed by atoms with E-state index in [1.807, 2.05) is 68.1 Å². The third-order valence-corrected chi connectivity index (χ3v) is 16.1. The highest BCUT2D eigenvalue weighted by Gasteiger charge is 2.45. The molecule has 2 amide bonds. The number of carbonyl (C=O) groups excluding carboxylic acids is 3. The van der Waals surface area contributed by atoms with Gasteiger partial charge in [0.05, 0.1) is 28.8 Å². The molecule has 0 aliphatic carbocycles. The van der Waals surface area contributed by atoms with Crippen LogP contribution in [0.4, 0.5) is 0 Å². The van der Waals surface area contributed by atoms with Crippen LogP contribution in [0.25, 0.3) is 33.0 Å². The number of fused-ring (bicyclic) bond motifs is 1. The summed E-state index contributed by atoms with van der Waals surface area (Å²) in [6, 6.07) is 11.4. The monoisotopic (exact) mass is 668 g/mol. The Balaban J connectivity index is 1.41. The van der Waals surface area contributed by atoms with Crippen molar-refractivity contribution in [1.29, 1.82) is 0 Å². The molecule has 2 aliphatic heterocycles. The molecule has 48 heavy (non-hydrogen) atoms. The Kier molecular flexibility index (Phi) is 8.81. The minimum absolute atomic E-state index is 0.308. The van der Waals surface area contributed by atoms with Gasteiger partial charge in [0.25, 0.3) is 11.8 Å². The first-order chi connectivity index (χ1) is 22.6. The molecule has 0 spiro atoms. The summed E-state index contributed by atoms with van der Waals surface area (Å²) in [5.74, 6) is -1.15. The number of benzene rings is 2. The fourth-order valence-corrected chi connectivity index (χ4v) is 13.6. The zero-order chi connectivity index (χ0) is 34.7. The molecule has 0 bridgehead atoms. The molecule has 2 aromatic heterocycles. The summed E-state index contributed by atoms with van der Waals surface area (Å²) in [7, 11) is -2.11. The third-order valence-electron chi connectivity index (χ3n) is 10.1. The number of hydrogen-bond acceptors (Lipinski definition) is 6. The van der Waals surface area contributed by atoms with Gasteiger partial charge in [0.1, 0.15) is 11.6 Å². The normalized spacial score (nSPS) is 17.4. The maximum Gasteiger partial charge on any atom is 0.325 e. The number of nitrogens with one attached hydrogen (secondary N) is 3. The van der Waals surface area contributed by atoms with Gasteiger partial charge in [-0.3, -0.25) is 25.0 Å². The molecule has 4 heterocycles. The number of aromatic nitrogens is 2. The first-order valence-corrected chi connectivity index (χ1v) is 19.2. The number of imide groups is 1. The number of ether oxygens (including phenoxy) is 1. The van der Waals surface area contributed by atoms with Crippen LogP contribution >= 0.6 is 0 Å². The largest absolute Gasteiger partial charge is 0.459 e. The number of rotatable bonds is 9. The van der Waals surface area contributed by atoms with E-state index in [2.05, 4.69) is 63.2 Å². The SMILES string of the molecule is CC(C)[Si](OCc1cccc2c(C3=C(c4ccc5c6c4ccn6CC(C(=O)OC(C)(C)C)NC5)C(=O)NC3=O)c[nH]c12)(C(C)C)C(C)C. The van der Waals surface area contributed by atoms with E-state index in [0.717, 1.165) is 32.9 Å². The highest BCUT2D eigenvalue weighted by atomic mass is 28.4. The van der Waals surface area contributed by atoms with Crippen molar-refractivity contribution in [1.82, 2.24) is 20.2 Å². The second kappa shape index (κ2) is 12.5. The molecule has 0 radical (unpaired) electrons. The van der Waals surface area contributed by atoms with Crippen molar-refractivity contribution in [2.45, 2.75) is 110 Å². The average molecular weight is 669 g/mol. The number of H-pyrrole nitrogens is 1. The van der Waals surface area contributed by atoms with E-state index >= 15 is 0 Å². The lowest BCUT2D eigenvalue weighted by molar-refractivity contribution is -0.157. The molecule has 4 aromatic rings. The lowest BCUT2D eigenvalue weighted by Gasteiger charge is -2.42. The van der Waals surface area contributed by atoms with E-state index in [4.69, 9.17) is 9.16 Å². The van der Waals surface area contributed by atoms with Crippen molar-refractivity contribution in [3.8, 4) is 0 Å². The van der Waals surface area contributed by atoms with Crippen LogP contribution < -0.4 is 10.6 Å². The van der Waals surface area contributed by atoms with E-state index in [1.54, 1.807) is 0 Å². The third kappa shape index (κ3) is 5.73. The van der Waals surface area contributed by atoms with Gasteiger partial charge in [-0.2, -0.15) is 0 Å². The molecular weight excluding hydrogens is 621 g/mol. The summed E-state index contributed by atoms with van der Waals surface area (Å²) >= 11 is 0. The first-order valence-electron chi connectivity index (χ1n) is 17.0. The minimum atomic E-state index is -2.11. The van der Waals surface area contributed by atoms with Crippen molar-refractivity contribution < 1.29 is 23.5 Å². The van der Waals surface area contributed by atoms with E-state index in [1.165, 1.54) is 0 Å². The highest BCUT2D eigenvalue weighted by Crippen LogP contribution is 2.44. The molecule has 0 saturated carbocycles. The van der Waals surface area contributed by atoms with Crippen LogP contribution in [-0.2, 0) is 43.2 Å². The van der Waals surface area contributed by atoms with E-state index < -0.39 is 31.8 Å². The van der Waals surface area contributed by atoms with Gasteiger partial charge in [0.2, 0.25) is 8.32 Å². The molecule has 2 aliphatic rings. The van der Waals surface area contributed by atoms with Crippen LogP contribution in [0.5, 0.6) is 0 Å². The number of hydrogen-bond donors (Lipinski definition) is 3. The van der Waals surface area contributed by atoms with Gasteiger partial charge in [-0.25, -0.2) is 0 Å². The maximum absolute atomic E-state index is 13.6. The molecule has 2 aromatic carbocycles. The number of nitrogens with zero attached hydrogens (tertiary/aromatic N) is 1. The average Bonchev–Trinajstić information content (AvgIpc) is 3.65. The number of para-hydroxylation sites is 1. The van der Waals surface area contributed by atoms with E-state index in [-0.39, 0.29) is 5.97 Å². The Morgan fingerprint density at radius 1 is 0.917 bits per heavy atom. The lowest BCUT2D eigenvalue weighted by Crippen LogP contribution is -2.47. The van der Waals surface area contributed by atoms with Gasteiger partial charge in [-0.05, 0) is 54.6 Å². The topological polar surface area (TPSA) is 114 Å². The van der Waals surface area contributed by atoms with Gasteiger partial charge >= 0.3 is 5.97 Å². The predicted molar refractivity (Wildman–Crippen MR) is 193 cm³/mol. The molecule has 0 fully saturated rings. The van der Waals surface area contributed by atoms with Crippen LogP contribution in [0.1, 0.15) is 84.6 Å². The number of aromatic amines is 1. The summed E-state index contributed by atoms with van der Waals surface area (Å²) in [5, 5.41) is 7.63. The van der Waals surface area contributed by atoms with Crippen molar-refractivity contribution in [3.63, 3.8) is 0 Å². The Bertz CT molecular complexity index is 1940. The van der Waals surface area contributed by atoms with Gasteiger partial charge < -0.3 is 18.7 Å². The van der Waals surface area contributed by atoms with Crippen LogP contribution in [0.15, 0.2) is 48.8 Å². The summed E-state index contributed by atoms with van der Waals surface area (Å²) in [4.78, 5) is 43.5. The Morgan fingerprint density at radius 2 is 1.58 bits per heavy atom. The minimum Gasteiger partial charge on any atom is -0.459 e. The summed E-state index contributed by atoms with van der Waals surface area (Å²) in [5.41, 5.74) is 6.68. The van der Waals surface area contributed by atoms with Gasteiger partial charge in [0, 0.05) is 47.4 Å². The molecule has 9 nitrogen and oxygen atoms in total. The van der Waals surface area contributed by atoms with Crippen LogP contribution in [0, 0.1) is 0 Å². The van der Waals surface area contributed by atoms with E-state index in [0.29, 0.717) is 58.6 Å². The van der Waals surface area contributed by atoms with Crippen molar-refractivity contribution in [2.75, 3.05) is 0 Å². The molecule has 10 heteroatoms. The molecular formula is C38H48N4O5Si. The van der Waals surface area contributed by atoms with Gasteiger partial charge in [-0.15, -0.1) is 0 Å². The zero-order valence-electron chi connectivity index (χ0n) is 29.5. The lowest BCUT2D eigenvalue weighted by atomic mass is 9.92. The zero-order valence-corrected chi connectivity index (χ0v) is 30.5. The van der Waals surface area contributed by atoms with Crippen LogP contribution in [0.3, 0.4) is 0 Å². The molecule has 1 unspecified atom stereocenters. The second-order valence-corrected chi connectivity index (χ2v) is 20.6. The van der Waals surface area contributed by atoms with Gasteiger partial charge in [-0.1, -0.05) is 71.9 Å². The fraction of sp³-hybridized carbons (Fsp3) is 0.447. The molecule has 0 saturated heterocycles.